The molecule has 1 saturated heterocycles. The number of benzene rings is 1. The fraction of sp³-hybridized carbons (Fsp3) is 0.353. The zero-order valence-electron chi connectivity index (χ0n) is 14.0. The van der Waals surface area contributed by atoms with E-state index in [1.54, 1.807) is 29.2 Å². The molecule has 1 aromatic rings. The van der Waals surface area contributed by atoms with Crippen LogP contribution in [-0.2, 0) is 14.4 Å². The second kappa shape index (κ2) is 8.72. The highest BCUT2D eigenvalue weighted by molar-refractivity contribution is 5.92. The number of nitrogens with two attached hydrogens (primary N) is 1. The number of carbonyl (C=O) groups is 3. The number of nitrogens with one attached hydrogen (secondary N) is 1. The van der Waals surface area contributed by atoms with Gasteiger partial charge in [-0.05, 0) is 23.8 Å². The first kappa shape index (κ1) is 18.3. The average Bonchev–Trinajstić information content (AvgIpc) is 2.82. The van der Waals surface area contributed by atoms with E-state index in [0.29, 0.717) is 37.6 Å². The molecule has 134 valence electrons. The van der Waals surface area contributed by atoms with Gasteiger partial charge in [-0.1, -0.05) is 6.07 Å². The molecule has 0 atom stereocenters. The van der Waals surface area contributed by atoms with Crippen LogP contribution in [0.4, 0.5) is 0 Å². The number of carbonyl (C=O) groups excluding carboxylic acids is 3. The number of hydrogen-bond acceptors (Lipinski definition) is 5. The summed E-state index contributed by atoms with van der Waals surface area (Å²) in [7, 11) is 1.48. The maximum absolute atomic E-state index is 12.2. The number of nitrogens with zero attached hydrogens (tertiary/aromatic N) is 1. The largest absolute Gasteiger partial charge is 0.493 e. The Hall–Kier alpha value is -3.03. The summed E-state index contributed by atoms with van der Waals surface area (Å²) in [6.45, 7) is 1.10. The van der Waals surface area contributed by atoms with Crippen LogP contribution in [0.1, 0.15) is 12.0 Å². The molecule has 1 fully saturated rings. The van der Waals surface area contributed by atoms with Crippen molar-refractivity contribution in [1.82, 2.24) is 10.2 Å². The molecule has 0 unspecified atom stereocenters. The highest BCUT2D eigenvalue weighted by atomic mass is 16.5. The summed E-state index contributed by atoms with van der Waals surface area (Å²) >= 11 is 0. The van der Waals surface area contributed by atoms with E-state index in [4.69, 9.17) is 15.2 Å². The van der Waals surface area contributed by atoms with Crippen molar-refractivity contribution in [2.24, 2.45) is 5.73 Å². The number of amides is 3. The lowest BCUT2D eigenvalue weighted by Crippen LogP contribution is -2.32. The van der Waals surface area contributed by atoms with Gasteiger partial charge in [0, 0.05) is 32.1 Å². The summed E-state index contributed by atoms with van der Waals surface area (Å²) < 4.78 is 10.5. The van der Waals surface area contributed by atoms with Crippen LogP contribution in [0.15, 0.2) is 24.3 Å². The second-order valence-electron chi connectivity index (χ2n) is 5.42. The topological polar surface area (TPSA) is 111 Å². The number of primary amides is 1. The van der Waals surface area contributed by atoms with Gasteiger partial charge in [-0.25, -0.2) is 0 Å². The molecule has 1 aromatic carbocycles. The minimum Gasteiger partial charge on any atom is -0.493 e. The Morgan fingerprint density at radius 2 is 2.12 bits per heavy atom. The normalized spacial score (nSPS) is 14.8. The summed E-state index contributed by atoms with van der Waals surface area (Å²) in [6, 6.07) is 5.06. The van der Waals surface area contributed by atoms with Crippen LogP contribution in [-0.4, -0.2) is 56.0 Å². The average molecular weight is 347 g/mol. The molecule has 2 rings (SSSR count). The van der Waals surface area contributed by atoms with Crippen molar-refractivity contribution < 1.29 is 23.9 Å². The van der Waals surface area contributed by atoms with Crippen molar-refractivity contribution in [2.75, 3.05) is 33.4 Å². The van der Waals surface area contributed by atoms with Crippen LogP contribution in [0.3, 0.4) is 0 Å². The molecule has 8 heteroatoms. The Labute approximate surface area is 145 Å². The van der Waals surface area contributed by atoms with E-state index in [0.717, 1.165) is 5.56 Å². The SMILES string of the molecule is COc1cc(C=CC(=O)N2CCNC(=O)CC2)ccc1OCC(N)=O. The van der Waals surface area contributed by atoms with Gasteiger partial charge in [0.1, 0.15) is 0 Å². The molecule has 0 saturated carbocycles. The van der Waals surface area contributed by atoms with E-state index in [-0.39, 0.29) is 18.4 Å². The number of hydrogen-bond donors (Lipinski definition) is 2. The van der Waals surface area contributed by atoms with Gasteiger partial charge < -0.3 is 25.4 Å². The molecule has 0 radical (unpaired) electrons. The maximum atomic E-state index is 12.2. The van der Waals surface area contributed by atoms with Gasteiger partial charge in [0.2, 0.25) is 11.8 Å². The molecule has 1 aliphatic heterocycles. The predicted molar refractivity (Wildman–Crippen MR) is 90.9 cm³/mol. The van der Waals surface area contributed by atoms with Gasteiger partial charge in [-0.15, -0.1) is 0 Å². The summed E-state index contributed by atoms with van der Waals surface area (Å²) in [6.07, 6.45) is 3.41. The molecule has 8 nitrogen and oxygen atoms in total. The molecule has 3 amide bonds. The molecule has 0 aliphatic carbocycles. The van der Waals surface area contributed by atoms with E-state index >= 15 is 0 Å². The molecule has 0 spiro atoms. The molecule has 3 N–H and O–H groups in total. The van der Waals surface area contributed by atoms with E-state index in [1.165, 1.54) is 13.2 Å². The van der Waals surface area contributed by atoms with Crippen LogP contribution in [0.2, 0.25) is 0 Å². The van der Waals surface area contributed by atoms with Gasteiger partial charge in [-0.2, -0.15) is 0 Å². The van der Waals surface area contributed by atoms with E-state index in [1.807, 2.05) is 0 Å². The van der Waals surface area contributed by atoms with Crippen LogP contribution in [0.25, 0.3) is 6.08 Å². The van der Waals surface area contributed by atoms with Crippen molar-refractivity contribution in [3.8, 4) is 11.5 Å². The summed E-state index contributed by atoms with van der Waals surface area (Å²) in [5.74, 6) is 0.0319. The van der Waals surface area contributed by atoms with Crippen LogP contribution >= 0.6 is 0 Å². The van der Waals surface area contributed by atoms with Crippen molar-refractivity contribution in [3.05, 3.63) is 29.8 Å². The highest BCUT2D eigenvalue weighted by Crippen LogP contribution is 2.28. The van der Waals surface area contributed by atoms with Gasteiger partial charge in [0.25, 0.3) is 5.91 Å². The van der Waals surface area contributed by atoms with Crippen molar-refractivity contribution >= 4 is 23.8 Å². The molecular formula is C17H21N3O5. The molecule has 25 heavy (non-hydrogen) atoms. The summed E-state index contributed by atoms with van der Waals surface area (Å²) in [5, 5.41) is 2.72. The number of ether oxygens (including phenoxy) is 2. The third-order valence-corrected chi connectivity index (χ3v) is 3.60. The molecule has 0 aromatic heterocycles. The first-order valence-corrected chi connectivity index (χ1v) is 7.82. The van der Waals surface area contributed by atoms with Gasteiger partial charge in [0.05, 0.1) is 7.11 Å². The Morgan fingerprint density at radius 3 is 2.84 bits per heavy atom. The first-order valence-electron chi connectivity index (χ1n) is 7.82. The van der Waals surface area contributed by atoms with Crippen LogP contribution in [0, 0.1) is 0 Å². The second-order valence-corrected chi connectivity index (χ2v) is 5.42. The van der Waals surface area contributed by atoms with Gasteiger partial charge in [0.15, 0.2) is 18.1 Å². The van der Waals surface area contributed by atoms with Crippen molar-refractivity contribution in [2.45, 2.75) is 6.42 Å². The minimum atomic E-state index is -0.581. The Kier molecular flexibility index (Phi) is 6.39. The van der Waals surface area contributed by atoms with Gasteiger partial charge >= 0.3 is 0 Å². The highest BCUT2D eigenvalue weighted by Gasteiger charge is 2.16. The Bertz CT molecular complexity index is 687. The lowest BCUT2D eigenvalue weighted by Gasteiger charge is -2.17. The number of rotatable bonds is 6. The summed E-state index contributed by atoms with van der Waals surface area (Å²) in [5.41, 5.74) is 5.79. The quantitative estimate of drug-likeness (QED) is 0.699. The van der Waals surface area contributed by atoms with Crippen molar-refractivity contribution in [1.29, 1.82) is 0 Å². The number of methoxy groups -OCH3 is 1. The summed E-state index contributed by atoms with van der Waals surface area (Å²) in [4.78, 5) is 35.9. The fourth-order valence-electron chi connectivity index (χ4n) is 2.32. The van der Waals surface area contributed by atoms with E-state index in [9.17, 15) is 14.4 Å². The van der Waals surface area contributed by atoms with Crippen molar-refractivity contribution in [3.63, 3.8) is 0 Å². The predicted octanol–water partition coefficient (Wildman–Crippen LogP) is -0.0790. The van der Waals surface area contributed by atoms with Crippen LogP contribution < -0.4 is 20.5 Å². The fourth-order valence-corrected chi connectivity index (χ4v) is 2.32. The molecule has 1 heterocycles. The van der Waals surface area contributed by atoms with Gasteiger partial charge in [-0.3, -0.25) is 14.4 Å². The van der Waals surface area contributed by atoms with Crippen LogP contribution in [0.5, 0.6) is 11.5 Å². The zero-order chi connectivity index (χ0) is 18.2. The standard InChI is InChI=1S/C17H21N3O5/c1-24-14-10-12(2-4-13(14)25-11-15(18)21)3-5-17(23)20-8-6-16(22)19-7-9-20/h2-5,10H,6-9,11H2,1H3,(H2,18,21)(H,19,22). The first-order chi connectivity index (χ1) is 12.0. The molecule has 1 aliphatic rings. The lowest BCUT2D eigenvalue weighted by atomic mass is 10.2. The smallest absolute Gasteiger partial charge is 0.255 e. The maximum Gasteiger partial charge on any atom is 0.255 e. The Morgan fingerprint density at radius 1 is 1.32 bits per heavy atom. The lowest BCUT2D eigenvalue weighted by molar-refractivity contribution is -0.126. The third kappa shape index (κ3) is 5.52. The Balaban J connectivity index is 2.03. The monoisotopic (exact) mass is 347 g/mol. The zero-order valence-corrected chi connectivity index (χ0v) is 14.0. The molecular weight excluding hydrogens is 326 g/mol. The third-order valence-electron chi connectivity index (χ3n) is 3.60. The molecule has 0 bridgehead atoms. The van der Waals surface area contributed by atoms with E-state index < -0.39 is 5.91 Å². The minimum absolute atomic E-state index is 0.0458. The van der Waals surface area contributed by atoms with E-state index in [2.05, 4.69) is 5.32 Å².